The maximum atomic E-state index is 14.1. The van der Waals surface area contributed by atoms with Gasteiger partial charge >= 0.3 is 0 Å². The molecule has 1 aliphatic carbocycles. The highest BCUT2D eigenvalue weighted by Crippen LogP contribution is 2.32. The molecule has 4 heteroatoms. The predicted octanol–water partition coefficient (Wildman–Crippen LogP) is 8.17. The zero-order chi connectivity index (χ0) is 26.3. The molecule has 0 atom stereocenters. The molecule has 0 saturated carbocycles. The van der Waals surface area contributed by atoms with Gasteiger partial charge in [-0.15, -0.1) is 11.8 Å². The Morgan fingerprint density at radius 3 is 2.39 bits per heavy atom. The number of fused-ring (bicyclic) bond motifs is 1. The molecule has 0 unspecified atom stereocenters. The van der Waals surface area contributed by atoms with E-state index in [-0.39, 0.29) is 11.7 Å². The van der Waals surface area contributed by atoms with Crippen molar-refractivity contribution in [2.45, 2.75) is 44.0 Å². The molecule has 1 N–H and O–H groups in total. The van der Waals surface area contributed by atoms with Crippen LogP contribution in [0, 0.1) is 12.7 Å². The molecule has 0 fully saturated rings. The van der Waals surface area contributed by atoms with Crippen LogP contribution in [0.1, 0.15) is 40.7 Å². The Labute approximate surface area is 229 Å². The number of hydrogen-bond donors (Lipinski definition) is 1. The lowest BCUT2D eigenvalue weighted by molar-refractivity contribution is -0.115. The van der Waals surface area contributed by atoms with Gasteiger partial charge in [0, 0.05) is 17.0 Å². The van der Waals surface area contributed by atoms with E-state index in [0.717, 1.165) is 46.4 Å². The summed E-state index contributed by atoms with van der Waals surface area (Å²) in [7, 11) is 0. The van der Waals surface area contributed by atoms with Gasteiger partial charge < -0.3 is 5.32 Å². The van der Waals surface area contributed by atoms with E-state index >= 15 is 0 Å². The maximum absolute atomic E-state index is 14.1. The van der Waals surface area contributed by atoms with Gasteiger partial charge in [0.2, 0.25) is 0 Å². The summed E-state index contributed by atoms with van der Waals surface area (Å²) >= 11 is 1.91. The van der Waals surface area contributed by atoms with E-state index in [4.69, 9.17) is 0 Å². The van der Waals surface area contributed by atoms with Gasteiger partial charge in [-0.05, 0) is 102 Å². The number of aryl methyl sites for hydroxylation is 2. The third-order valence-electron chi connectivity index (χ3n) is 7.02. The number of carbonyl (C=O) groups is 1. The molecule has 4 aromatic carbocycles. The first-order valence-electron chi connectivity index (χ1n) is 13.2. The highest BCUT2D eigenvalue weighted by Gasteiger charge is 2.21. The van der Waals surface area contributed by atoms with Crippen LogP contribution in [0.5, 0.6) is 0 Å². The van der Waals surface area contributed by atoms with Crippen LogP contribution in [-0.2, 0) is 24.2 Å². The molecule has 38 heavy (non-hydrogen) atoms. The molecule has 2 nitrogen and oxygen atoms in total. The number of thioether (sulfide) groups is 1. The average molecular weight is 522 g/mol. The summed E-state index contributed by atoms with van der Waals surface area (Å²) in [6, 6.07) is 30.4. The fourth-order valence-electron chi connectivity index (χ4n) is 4.73. The van der Waals surface area contributed by atoms with Crippen molar-refractivity contribution in [3.63, 3.8) is 0 Å². The highest BCUT2D eigenvalue weighted by atomic mass is 32.2. The largest absolute Gasteiger partial charge is 0.348 e. The van der Waals surface area contributed by atoms with Crippen molar-refractivity contribution in [1.29, 1.82) is 0 Å². The number of unbranched alkanes of at least 4 members (excludes halogenated alkanes) is 1. The molecule has 0 radical (unpaired) electrons. The Morgan fingerprint density at radius 2 is 1.61 bits per heavy atom. The van der Waals surface area contributed by atoms with Crippen LogP contribution in [0.15, 0.2) is 102 Å². The molecule has 1 aliphatic rings. The van der Waals surface area contributed by atoms with Crippen LogP contribution in [0.25, 0.3) is 16.7 Å². The Hall–Kier alpha value is -3.63. The van der Waals surface area contributed by atoms with Gasteiger partial charge in [0.05, 0.1) is 0 Å². The number of halogens is 1. The van der Waals surface area contributed by atoms with E-state index in [1.807, 2.05) is 42.1 Å². The molecule has 0 saturated heterocycles. The van der Waals surface area contributed by atoms with Crippen molar-refractivity contribution in [1.82, 2.24) is 5.32 Å². The zero-order valence-electron chi connectivity index (χ0n) is 21.7. The fourth-order valence-corrected chi connectivity index (χ4v) is 5.67. The number of benzene rings is 4. The highest BCUT2D eigenvalue weighted by molar-refractivity contribution is 7.99. The fraction of sp³-hybridized carbons (Fsp3) is 0.206. The number of hydrogen-bond acceptors (Lipinski definition) is 2. The van der Waals surface area contributed by atoms with Crippen molar-refractivity contribution in [2.75, 3.05) is 5.75 Å². The smallest absolute Gasteiger partial charge is 0.251 e. The minimum atomic E-state index is -0.218. The van der Waals surface area contributed by atoms with Gasteiger partial charge in [0.1, 0.15) is 5.82 Å². The summed E-state index contributed by atoms with van der Waals surface area (Å²) in [6.07, 6.45) is 6.14. The SMILES string of the molecule is Cc1ccc(-c2ccc3c(c2)C(C(=O)NCc2ccc(CCCCSc4ccccc4)cc2)=CC3)cc1F. The Kier molecular flexibility index (Phi) is 8.40. The van der Waals surface area contributed by atoms with Gasteiger partial charge in [-0.1, -0.05) is 72.8 Å². The van der Waals surface area contributed by atoms with Crippen LogP contribution in [-0.4, -0.2) is 11.7 Å². The van der Waals surface area contributed by atoms with Gasteiger partial charge in [-0.2, -0.15) is 0 Å². The summed E-state index contributed by atoms with van der Waals surface area (Å²) in [4.78, 5) is 14.4. The van der Waals surface area contributed by atoms with E-state index in [1.165, 1.54) is 23.3 Å². The minimum absolute atomic E-state index is 0.0732. The minimum Gasteiger partial charge on any atom is -0.348 e. The second-order valence-corrected chi connectivity index (χ2v) is 10.9. The molecular weight excluding hydrogens is 489 g/mol. The van der Waals surface area contributed by atoms with Gasteiger partial charge in [0.25, 0.3) is 5.91 Å². The van der Waals surface area contributed by atoms with Gasteiger partial charge in [-0.25, -0.2) is 4.39 Å². The van der Waals surface area contributed by atoms with Crippen molar-refractivity contribution in [3.8, 4) is 11.1 Å². The second kappa shape index (κ2) is 12.3. The van der Waals surface area contributed by atoms with E-state index in [0.29, 0.717) is 17.7 Å². The zero-order valence-corrected chi connectivity index (χ0v) is 22.5. The van der Waals surface area contributed by atoms with E-state index in [9.17, 15) is 9.18 Å². The predicted molar refractivity (Wildman–Crippen MR) is 157 cm³/mol. The normalized spacial score (nSPS) is 12.2. The van der Waals surface area contributed by atoms with Crippen molar-refractivity contribution in [3.05, 3.63) is 131 Å². The first-order chi connectivity index (χ1) is 18.6. The molecule has 0 bridgehead atoms. The number of rotatable bonds is 10. The number of carbonyl (C=O) groups excluding carboxylic acids is 1. The molecule has 192 valence electrons. The second-order valence-electron chi connectivity index (χ2n) is 9.78. The molecule has 0 spiro atoms. The first-order valence-corrected chi connectivity index (χ1v) is 14.2. The summed E-state index contributed by atoms with van der Waals surface area (Å²) in [5.41, 5.74) is 7.52. The van der Waals surface area contributed by atoms with Gasteiger partial charge in [0.15, 0.2) is 0 Å². The summed E-state index contributed by atoms with van der Waals surface area (Å²) in [5.74, 6) is 0.844. The van der Waals surface area contributed by atoms with E-state index < -0.39 is 0 Å². The Bertz CT molecular complexity index is 1440. The molecular formula is C34H32FNOS. The average Bonchev–Trinajstić information content (AvgIpc) is 3.38. The van der Waals surface area contributed by atoms with E-state index in [1.54, 1.807) is 19.1 Å². The van der Waals surface area contributed by atoms with Crippen LogP contribution in [0.3, 0.4) is 0 Å². The van der Waals surface area contributed by atoms with Crippen molar-refractivity contribution >= 4 is 23.2 Å². The topological polar surface area (TPSA) is 29.1 Å². The number of allylic oxidation sites excluding steroid dienone is 1. The molecule has 0 heterocycles. The molecule has 0 aliphatic heterocycles. The molecule has 5 rings (SSSR count). The van der Waals surface area contributed by atoms with Crippen LogP contribution >= 0.6 is 11.8 Å². The summed E-state index contributed by atoms with van der Waals surface area (Å²) < 4.78 is 14.1. The molecule has 4 aromatic rings. The maximum Gasteiger partial charge on any atom is 0.251 e. The lowest BCUT2D eigenvalue weighted by atomic mass is 9.97. The molecule has 0 aromatic heterocycles. The van der Waals surface area contributed by atoms with Crippen molar-refractivity contribution in [2.24, 2.45) is 0 Å². The third-order valence-corrected chi connectivity index (χ3v) is 8.12. The third kappa shape index (κ3) is 6.43. The number of amides is 1. The van der Waals surface area contributed by atoms with Gasteiger partial charge in [-0.3, -0.25) is 4.79 Å². The lowest BCUT2D eigenvalue weighted by Gasteiger charge is -2.11. The van der Waals surface area contributed by atoms with Crippen LogP contribution in [0.2, 0.25) is 0 Å². The molecule has 1 amide bonds. The van der Waals surface area contributed by atoms with Crippen LogP contribution in [0.4, 0.5) is 4.39 Å². The monoisotopic (exact) mass is 521 g/mol. The first kappa shape index (κ1) is 26.0. The number of nitrogens with one attached hydrogen (secondary N) is 1. The van der Waals surface area contributed by atoms with E-state index in [2.05, 4.69) is 59.9 Å². The van der Waals surface area contributed by atoms with Crippen LogP contribution < -0.4 is 5.32 Å². The quantitative estimate of drug-likeness (QED) is 0.168. The van der Waals surface area contributed by atoms with Crippen molar-refractivity contribution < 1.29 is 9.18 Å². The standard InChI is InChI=1S/C34H32FNOS/c1-24-10-15-29(22-33(24)35)28-17-16-27-18-19-31(32(27)21-28)34(37)36-23-26-13-11-25(12-14-26)7-5-6-20-38-30-8-3-2-4-9-30/h2-4,8-17,19,21-22H,5-7,18,20,23H2,1H3,(H,36,37). The Morgan fingerprint density at radius 1 is 0.868 bits per heavy atom. The summed E-state index contributed by atoms with van der Waals surface area (Å²) in [6.45, 7) is 2.25. The summed E-state index contributed by atoms with van der Waals surface area (Å²) in [5, 5.41) is 3.08. The lowest BCUT2D eigenvalue weighted by Crippen LogP contribution is -2.23. The Balaban J connectivity index is 1.12.